The number of nitrogens with one attached hydrogen (secondary N) is 4. The highest BCUT2D eigenvalue weighted by molar-refractivity contribution is 7.18. The molecule has 1 aliphatic rings. The van der Waals surface area contributed by atoms with Crippen LogP contribution in [0.1, 0.15) is 23.5 Å². The quantitative estimate of drug-likeness (QED) is 0.107. The van der Waals surface area contributed by atoms with Gasteiger partial charge in [-0.2, -0.15) is 0 Å². The molecule has 15 heteroatoms. The number of hydrogen-bond donors (Lipinski definition) is 5. The number of carbonyl (C=O) groups excluding carboxylic acids is 1. The number of carbonyl (C=O) groups is 2. The van der Waals surface area contributed by atoms with Gasteiger partial charge in [-0.25, -0.2) is 15.0 Å². The van der Waals surface area contributed by atoms with Crippen LogP contribution < -0.4 is 26.0 Å². The molecule has 0 bridgehead atoms. The maximum atomic E-state index is 11.5. The molecule has 6 rings (SSSR count). The number of aromatic nitrogens is 4. The first-order valence-corrected chi connectivity index (χ1v) is 16.3. The number of carboxylic acids is 1. The summed E-state index contributed by atoms with van der Waals surface area (Å²) >= 11 is 15.4. The van der Waals surface area contributed by atoms with Gasteiger partial charge in [0.1, 0.15) is 16.2 Å². The van der Waals surface area contributed by atoms with Crippen molar-refractivity contribution < 1.29 is 19.4 Å². The number of thiazole rings is 1. The molecule has 5 N–H and O–H groups in total. The molecule has 1 amide bonds. The van der Waals surface area contributed by atoms with Gasteiger partial charge in [0.15, 0.2) is 5.82 Å². The van der Waals surface area contributed by atoms with Gasteiger partial charge < -0.3 is 31.1 Å². The van der Waals surface area contributed by atoms with E-state index in [1.54, 1.807) is 19.5 Å². The van der Waals surface area contributed by atoms with Crippen LogP contribution in [-0.2, 0) is 22.7 Å². The van der Waals surface area contributed by atoms with Gasteiger partial charge >= 0.3 is 5.97 Å². The first-order valence-electron chi connectivity index (χ1n) is 14.7. The van der Waals surface area contributed by atoms with E-state index in [1.807, 2.05) is 42.5 Å². The van der Waals surface area contributed by atoms with Crippen LogP contribution >= 0.6 is 34.5 Å². The summed E-state index contributed by atoms with van der Waals surface area (Å²) in [5.41, 5.74) is 4.51. The fourth-order valence-corrected chi connectivity index (χ4v) is 6.79. The number of carboxylic acid groups (broad SMARTS) is 1. The van der Waals surface area contributed by atoms with Crippen molar-refractivity contribution in [2.45, 2.75) is 32.0 Å². The Kier molecular flexibility index (Phi) is 10.1. The molecule has 0 aliphatic carbocycles. The number of anilines is 2. The molecule has 1 aliphatic heterocycles. The summed E-state index contributed by atoms with van der Waals surface area (Å²) in [6.07, 6.45) is 4.70. The van der Waals surface area contributed by atoms with Crippen LogP contribution in [0.25, 0.3) is 32.6 Å². The molecular formula is C32H30Cl2N8O4S. The number of aliphatic carboxylic acids is 1. The van der Waals surface area contributed by atoms with Gasteiger partial charge in [0.2, 0.25) is 11.8 Å². The third kappa shape index (κ3) is 7.45. The average molecular weight is 694 g/mol. The number of pyridine rings is 1. The zero-order chi connectivity index (χ0) is 32.9. The first kappa shape index (κ1) is 32.5. The van der Waals surface area contributed by atoms with Gasteiger partial charge in [-0.1, -0.05) is 53.5 Å². The average Bonchev–Trinajstić information content (AvgIpc) is 3.68. The third-order valence-corrected chi connectivity index (χ3v) is 9.33. The van der Waals surface area contributed by atoms with Crippen LogP contribution in [0.3, 0.4) is 0 Å². The van der Waals surface area contributed by atoms with Crippen molar-refractivity contribution in [2.75, 3.05) is 25.5 Å². The van der Waals surface area contributed by atoms with E-state index < -0.39 is 5.97 Å². The lowest BCUT2D eigenvalue weighted by atomic mass is 10.0. The van der Waals surface area contributed by atoms with Crippen LogP contribution in [0.4, 0.5) is 11.5 Å². The normalized spacial score (nSPS) is 14.4. The molecule has 12 nitrogen and oxygen atoms in total. The standard InChI is InChI=1S/C32H30Cl2N8O4S/c1-46-32-23(13-35-12-17-8-9-25(43)39-17)38-14-22(41-32)20-6-2-4-18(28(20)33)19-5-3-7-21(29(19)34)40-31-30-24(10-11-37-31)47-26(42-30)15-36-16-27(44)45/h2-7,10-11,14,17,35-36H,8-9,12-13,15-16H2,1H3,(H,37,40)(H,39,43)(H,44,45)/t17-/m0/s1. The van der Waals surface area contributed by atoms with E-state index in [-0.39, 0.29) is 18.5 Å². The van der Waals surface area contributed by atoms with Crippen LogP contribution in [0.5, 0.6) is 5.88 Å². The number of benzene rings is 2. The van der Waals surface area contributed by atoms with Gasteiger partial charge in [0.25, 0.3) is 0 Å². The third-order valence-electron chi connectivity index (χ3n) is 7.49. The smallest absolute Gasteiger partial charge is 0.317 e. The Morgan fingerprint density at radius 1 is 1.04 bits per heavy atom. The minimum Gasteiger partial charge on any atom is -0.480 e. The first-order chi connectivity index (χ1) is 22.8. The fourth-order valence-electron chi connectivity index (χ4n) is 5.25. The summed E-state index contributed by atoms with van der Waals surface area (Å²) in [6, 6.07) is 13.2. The molecule has 3 aromatic heterocycles. The van der Waals surface area contributed by atoms with Crippen molar-refractivity contribution in [1.82, 2.24) is 35.9 Å². The molecule has 2 aromatic carbocycles. The van der Waals surface area contributed by atoms with Crippen molar-refractivity contribution in [3.05, 3.63) is 75.6 Å². The number of fused-ring (bicyclic) bond motifs is 1. The highest BCUT2D eigenvalue weighted by Crippen LogP contribution is 2.42. The van der Waals surface area contributed by atoms with E-state index in [9.17, 15) is 9.59 Å². The molecule has 1 atom stereocenters. The van der Waals surface area contributed by atoms with E-state index in [1.165, 1.54) is 11.3 Å². The second-order valence-corrected chi connectivity index (χ2v) is 12.6. The van der Waals surface area contributed by atoms with Crippen molar-refractivity contribution in [3.8, 4) is 28.3 Å². The molecule has 47 heavy (non-hydrogen) atoms. The summed E-state index contributed by atoms with van der Waals surface area (Å²) in [5.74, 6) is 0.0389. The Morgan fingerprint density at radius 3 is 2.60 bits per heavy atom. The number of nitrogens with zero attached hydrogens (tertiary/aromatic N) is 4. The molecule has 0 spiro atoms. The SMILES string of the molecule is COc1nc(-c2cccc(-c3cccc(Nc4nccc5sc(CNCC(=O)O)nc45)c3Cl)c2Cl)cnc1CNC[C@@H]1CCC(=O)N1. The highest BCUT2D eigenvalue weighted by atomic mass is 35.5. The summed E-state index contributed by atoms with van der Waals surface area (Å²) in [5, 5.41) is 23.0. The zero-order valence-electron chi connectivity index (χ0n) is 25.1. The number of hydrogen-bond acceptors (Lipinski definition) is 11. The number of methoxy groups -OCH3 is 1. The Hall–Kier alpha value is -4.40. The van der Waals surface area contributed by atoms with E-state index in [0.717, 1.165) is 16.1 Å². The minimum atomic E-state index is -0.933. The van der Waals surface area contributed by atoms with Gasteiger partial charge in [-0.15, -0.1) is 11.3 Å². The largest absolute Gasteiger partial charge is 0.480 e. The van der Waals surface area contributed by atoms with E-state index in [2.05, 4.69) is 36.2 Å². The number of ether oxygens (including phenoxy) is 1. The molecule has 4 heterocycles. The molecule has 0 radical (unpaired) electrons. The monoisotopic (exact) mass is 692 g/mol. The highest BCUT2D eigenvalue weighted by Gasteiger charge is 2.21. The zero-order valence-corrected chi connectivity index (χ0v) is 27.5. The van der Waals surface area contributed by atoms with Crippen LogP contribution in [-0.4, -0.2) is 63.2 Å². The van der Waals surface area contributed by atoms with Crippen LogP contribution in [0, 0.1) is 0 Å². The van der Waals surface area contributed by atoms with Crippen molar-refractivity contribution in [3.63, 3.8) is 0 Å². The molecule has 5 aromatic rings. The van der Waals surface area contributed by atoms with Gasteiger partial charge in [0, 0.05) is 55.0 Å². The number of rotatable bonds is 13. The number of halogens is 2. The van der Waals surface area contributed by atoms with E-state index in [4.69, 9.17) is 38.0 Å². The van der Waals surface area contributed by atoms with Crippen LogP contribution in [0.15, 0.2) is 54.9 Å². The topological polar surface area (TPSA) is 163 Å². The fraction of sp³-hybridized carbons (Fsp3) is 0.250. The van der Waals surface area contributed by atoms with Crippen LogP contribution in [0.2, 0.25) is 10.0 Å². The Bertz CT molecular complexity index is 1960. The summed E-state index contributed by atoms with van der Waals surface area (Å²) in [6.45, 7) is 1.23. The minimum absolute atomic E-state index is 0.0755. The van der Waals surface area contributed by atoms with Crippen molar-refractivity contribution in [1.29, 1.82) is 0 Å². The summed E-state index contributed by atoms with van der Waals surface area (Å²) < 4.78 is 6.46. The van der Waals surface area contributed by atoms with Crippen molar-refractivity contribution >= 4 is 68.1 Å². The predicted molar refractivity (Wildman–Crippen MR) is 182 cm³/mol. The maximum Gasteiger partial charge on any atom is 0.317 e. The van der Waals surface area contributed by atoms with Crippen molar-refractivity contribution in [2.24, 2.45) is 0 Å². The molecule has 1 fully saturated rings. The summed E-state index contributed by atoms with van der Waals surface area (Å²) in [4.78, 5) is 40.8. The molecule has 242 valence electrons. The number of amides is 1. The Labute approximate surface area is 283 Å². The lowest BCUT2D eigenvalue weighted by Gasteiger charge is -2.15. The van der Waals surface area contributed by atoms with Gasteiger partial charge in [0.05, 0.1) is 46.0 Å². The lowest BCUT2D eigenvalue weighted by Crippen LogP contribution is -2.35. The maximum absolute atomic E-state index is 11.5. The lowest BCUT2D eigenvalue weighted by molar-refractivity contribution is -0.136. The second kappa shape index (κ2) is 14.6. The second-order valence-electron chi connectivity index (χ2n) is 10.7. The van der Waals surface area contributed by atoms with E-state index >= 15 is 0 Å². The Morgan fingerprint density at radius 2 is 1.83 bits per heavy atom. The molecule has 0 unspecified atom stereocenters. The molecule has 1 saturated heterocycles. The van der Waals surface area contributed by atoms with Gasteiger partial charge in [-0.3, -0.25) is 14.6 Å². The molecule has 0 saturated carbocycles. The van der Waals surface area contributed by atoms with E-state index in [0.29, 0.717) is 87.1 Å². The molecular weight excluding hydrogens is 663 g/mol. The predicted octanol–water partition coefficient (Wildman–Crippen LogP) is 5.42. The summed E-state index contributed by atoms with van der Waals surface area (Å²) in [7, 11) is 1.54. The Balaban J connectivity index is 1.23. The van der Waals surface area contributed by atoms with Gasteiger partial charge in [-0.05, 0) is 18.6 Å².